The highest BCUT2D eigenvalue weighted by Gasteiger charge is 2.07. The van der Waals surface area contributed by atoms with Crippen LogP contribution in [0.5, 0.6) is 0 Å². The molecule has 2 aromatic rings. The molecule has 3 N–H and O–H groups in total. The first-order valence-electron chi connectivity index (χ1n) is 5.72. The molecule has 0 fully saturated rings. The molecule has 2 rings (SSSR count). The number of rotatable bonds is 4. The number of carbonyl (C=O) groups is 1. The Morgan fingerprint density at radius 3 is 2.58 bits per heavy atom. The lowest BCUT2D eigenvalue weighted by Gasteiger charge is -2.10. The van der Waals surface area contributed by atoms with E-state index in [2.05, 4.69) is 5.32 Å². The monoisotopic (exact) mass is 276 g/mol. The standard InChI is InChI=1S/C14H13ClN2O2/c15-12-7-6-11(14(18)17-19)8-13(12)16-9-10-4-2-1-3-5-10/h1-8,16,19H,9H2,(H,17,18). The summed E-state index contributed by atoms with van der Waals surface area (Å²) in [5.41, 5.74) is 3.68. The molecule has 0 aliphatic rings. The van der Waals surface area contributed by atoms with Gasteiger partial charge in [0.15, 0.2) is 0 Å². The van der Waals surface area contributed by atoms with Crippen LogP contribution >= 0.6 is 11.6 Å². The van der Waals surface area contributed by atoms with Crippen molar-refractivity contribution in [2.75, 3.05) is 5.32 Å². The van der Waals surface area contributed by atoms with E-state index >= 15 is 0 Å². The summed E-state index contributed by atoms with van der Waals surface area (Å²) < 4.78 is 0. The molecule has 19 heavy (non-hydrogen) atoms. The average Bonchev–Trinajstić information content (AvgIpc) is 2.46. The van der Waals surface area contributed by atoms with E-state index in [9.17, 15) is 4.79 Å². The van der Waals surface area contributed by atoms with Crippen LogP contribution in [0, 0.1) is 0 Å². The first kappa shape index (κ1) is 13.4. The van der Waals surface area contributed by atoms with Crippen molar-refractivity contribution in [3.8, 4) is 0 Å². The van der Waals surface area contributed by atoms with Gasteiger partial charge in [-0.2, -0.15) is 0 Å². The van der Waals surface area contributed by atoms with E-state index in [-0.39, 0.29) is 0 Å². The molecule has 0 radical (unpaired) electrons. The summed E-state index contributed by atoms with van der Waals surface area (Å²) in [7, 11) is 0. The van der Waals surface area contributed by atoms with Crippen LogP contribution < -0.4 is 10.8 Å². The normalized spacial score (nSPS) is 10.0. The van der Waals surface area contributed by atoms with Crippen molar-refractivity contribution in [2.24, 2.45) is 0 Å². The molecule has 0 spiro atoms. The summed E-state index contributed by atoms with van der Waals surface area (Å²) in [5.74, 6) is -0.570. The predicted molar refractivity (Wildman–Crippen MR) is 74.5 cm³/mol. The van der Waals surface area contributed by atoms with Gasteiger partial charge in [0.1, 0.15) is 0 Å². The van der Waals surface area contributed by atoms with E-state index in [1.807, 2.05) is 30.3 Å². The fourth-order valence-corrected chi connectivity index (χ4v) is 1.84. The zero-order valence-electron chi connectivity index (χ0n) is 10.1. The molecule has 0 saturated heterocycles. The second kappa shape index (κ2) is 6.22. The van der Waals surface area contributed by atoms with Gasteiger partial charge >= 0.3 is 0 Å². The molecule has 98 valence electrons. The zero-order valence-corrected chi connectivity index (χ0v) is 10.8. The average molecular weight is 277 g/mol. The number of nitrogens with one attached hydrogen (secondary N) is 2. The molecule has 0 aliphatic heterocycles. The van der Waals surface area contributed by atoms with Gasteiger partial charge in [0.25, 0.3) is 5.91 Å². The first-order chi connectivity index (χ1) is 9.20. The maximum Gasteiger partial charge on any atom is 0.274 e. The Morgan fingerprint density at radius 2 is 1.89 bits per heavy atom. The van der Waals surface area contributed by atoms with Gasteiger partial charge < -0.3 is 5.32 Å². The SMILES string of the molecule is O=C(NO)c1ccc(Cl)c(NCc2ccccc2)c1. The first-order valence-corrected chi connectivity index (χ1v) is 6.10. The van der Waals surface area contributed by atoms with Gasteiger partial charge in [0, 0.05) is 12.1 Å². The van der Waals surface area contributed by atoms with Crippen LogP contribution in [-0.4, -0.2) is 11.1 Å². The smallest absolute Gasteiger partial charge is 0.274 e. The summed E-state index contributed by atoms with van der Waals surface area (Å²) in [6.45, 7) is 0.602. The van der Waals surface area contributed by atoms with Crippen molar-refractivity contribution in [3.63, 3.8) is 0 Å². The van der Waals surface area contributed by atoms with Gasteiger partial charge in [-0.15, -0.1) is 0 Å². The fraction of sp³-hybridized carbons (Fsp3) is 0.0714. The van der Waals surface area contributed by atoms with Crippen molar-refractivity contribution >= 4 is 23.2 Å². The molecule has 4 nitrogen and oxygen atoms in total. The highest BCUT2D eigenvalue weighted by molar-refractivity contribution is 6.33. The minimum atomic E-state index is -0.570. The van der Waals surface area contributed by atoms with Crippen LogP contribution in [0.1, 0.15) is 15.9 Å². The Balaban J connectivity index is 2.13. The van der Waals surface area contributed by atoms with E-state index in [4.69, 9.17) is 16.8 Å². The van der Waals surface area contributed by atoms with E-state index in [0.717, 1.165) is 5.56 Å². The number of hydroxylamine groups is 1. The van der Waals surface area contributed by atoms with Gasteiger partial charge in [-0.05, 0) is 23.8 Å². The largest absolute Gasteiger partial charge is 0.380 e. The third kappa shape index (κ3) is 3.47. The van der Waals surface area contributed by atoms with E-state index < -0.39 is 5.91 Å². The minimum absolute atomic E-state index is 0.336. The summed E-state index contributed by atoms with van der Waals surface area (Å²) >= 11 is 6.05. The van der Waals surface area contributed by atoms with Gasteiger partial charge in [0.05, 0.1) is 10.7 Å². The van der Waals surface area contributed by atoms with Crippen LogP contribution in [0.2, 0.25) is 5.02 Å². The number of benzene rings is 2. The highest BCUT2D eigenvalue weighted by Crippen LogP contribution is 2.23. The number of carbonyl (C=O) groups excluding carboxylic acids is 1. The number of halogens is 1. The number of amides is 1. The maximum absolute atomic E-state index is 11.3. The lowest BCUT2D eigenvalue weighted by Crippen LogP contribution is -2.18. The second-order valence-electron chi connectivity index (χ2n) is 3.97. The Bertz CT molecular complexity index is 573. The predicted octanol–water partition coefficient (Wildman–Crippen LogP) is 3.07. The molecule has 0 aliphatic carbocycles. The van der Waals surface area contributed by atoms with Gasteiger partial charge in [0.2, 0.25) is 0 Å². The molecular formula is C14H13ClN2O2. The van der Waals surface area contributed by atoms with Crippen LogP contribution in [0.3, 0.4) is 0 Å². The summed E-state index contributed by atoms with van der Waals surface area (Å²) in [5, 5.41) is 12.3. The third-order valence-corrected chi connectivity index (χ3v) is 2.99. The Hall–Kier alpha value is -2.04. The van der Waals surface area contributed by atoms with Gasteiger partial charge in [-0.1, -0.05) is 41.9 Å². The van der Waals surface area contributed by atoms with E-state index in [1.54, 1.807) is 23.7 Å². The highest BCUT2D eigenvalue weighted by atomic mass is 35.5. The molecule has 0 atom stereocenters. The molecule has 0 unspecified atom stereocenters. The summed E-state index contributed by atoms with van der Waals surface area (Å²) in [4.78, 5) is 11.3. The third-order valence-electron chi connectivity index (χ3n) is 2.66. The van der Waals surface area contributed by atoms with Crippen molar-refractivity contribution in [2.45, 2.75) is 6.54 Å². The van der Waals surface area contributed by atoms with Crippen molar-refractivity contribution in [1.82, 2.24) is 5.48 Å². The van der Waals surface area contributed by atoms with Crippen molar-refractivity contribution < 1.29 is 10.0 Å². The number of hydrogen-bond acceptors (Lipinski definition) is 3. The number of hydrogen-bond donors (Lipinski definition) is 3. The molecule has 0 saturated carbocycles. The summed E-state index contributed by atoms with van der Waals surface area (Å²) in [6.07, 6.45) is 0. The molecule has 0 bridgehead atoms. The lowest BCUT2D eigenvalue weighted by molar-refractivity contribution is 0.0706. The van der Waals surface area contributed by atoms with Crippen LogP contribution in [0.25, 0.3) is 0 Å². The lowest BCUT2D eigenvalue weighted by atomic mass is 10.1. The van der Waals surface area contributed by atoms with Gasteiger partial charge in [-0.25, -0.2) is 5.48 Å². The quantitative estimate of drug-likeness (QED) is 0.594. The van der Waals surface area contributed by atoms with E-state index in [1.165, 1.54) is 0 Å². The summed E-state index contributed by atoms with van der Waals surface area (Å²) in [6, 6.07) is 14.6. The van der Waals surface area contributed by atoms with Crippen LogP contribution in [-0.2, 0) is 6.54 Å². The Morgan fingerprint density at radius 1 is 1.16 bits per heavy atom. The van der Waals surface area contributed by atoms with Crippen molar-refractivity contribution in [3.05, 3.63) is 64.7 Å². The molecule has 5 heteroatoms. The minimum Gasteiger partial charge on any atom is -0.380 e. The van der Waals surface area contributed by atoms with Crippen LogP contribution in [0.15, 0.2) is 48.5 Å². The molecule has 0 heterocycles. The number of anilines is 1. The maximum atomic E-state index is 11.3. The Labute approximate surface area is 116 Å². The molecule has 0 aromatic heterocycles. The Kier molecular flexibility index (Phi) is 4.39. The zero-order chi connectivity index (χ0) is 13.7. The van der Waals surface area contributed by atoms with Crippen LogP contribution in [0.4, 0.5) is 5.69 Å². The molecular weight excluding hydrogens is 264 g/mol. The topological polar surface area (TPSA) is 61.4 Å². The van der Waals surface area contributed by atoms with Gasteiger partial charge in [-0.3, -0.25) is 10.0 Å². The molecule has 2 aromatic carbocycles. The molecule has 1 amide bonds. The van der Waals surface area contributed by atoms with Crippen molar-refractivity contribution in [1.29, 1.82) is 0 Å². The fourth-order valence-electron chi connectivity index (χ4n) is 1.66. The van der Waals surface area contributed by atoms with E-state index in [0.29, 0.717) is 22.8 Å². The second-order valence-corrected chi connectivity index (χ2v) is 4.38.